The van der Waals surface area contributed by atoms with E-state index in [1.165, 1.54) is 0 Å². The maximum Gasteiger partial charge on any atom is 0.178 e. The summed E-state index contributed by atoms with van der Waals surface area (Å²) >= 11 is 0. The van der Waals surface area contributed by atoms with Crippen molar-refractivity contribution in [3.63, 3.8) is 0 Å². The molecule has 0 radical (unpaired) electrons. The lowest BCUT2D eigenvalue weighted by molar-refractivity contribution is -0.120. The third-order valence-electron chi connectivity index (χ3n) is 3.83. The lowest BCUT2D eigenvalue weighted by Gasteiger charge is -2.11. The van der Waals surface area contributed by atoms with Gasteiger partial charge < -0.3 is 0 Å². The Morgan fingerprint density at radius 3 is 2.58 bits per heavy atom. The Balaban J connectivity index is 2.12. The van der Waals surface area contributed by atoms with Gasteiger partial charge in [-0.2, -0.15) is 0 Å². The molecule has 19 heavy (non-hydrogen) atoms. The summed E-state index contributed by atoms with van der Waals surface area (Å²) in [5.74, 6) is 0.268. The monoisotopic (exact) mass is 280 g/mol. The van der Waals surface area contributed by atoms with Crippen LogP contribution in [0.5, 0.6) is 0 Å². The summed E-state index contributed by atoms with van der Waals surface area (Å²) in [5, 5.41) is 0. The summed E-state index contributed by atoms with van der Waals surface area (Å²) in [7, 11) is -3.27. The molecular weight excluding hydrogens is 260 g/mol. The van der Waals surface area contributed by atoms with Crippen LogP contribution in [0, 0.1) is 19.8 Å². The van der Waals surface area contributed by atoms with Crippen LogP contribution in [0.3, 0.4) is 0 Å². The minimum Gasteiger partial charge on any atom is -0.299 e. The number of sulfone groups is 1. The molecule has 1 atom stereocenters. The zero-order chi connectivity index (χ0) is 14.0. The second-order valence-electron chi connectivity index (χ2n) is 5.43. The van der Waals surface area contributed by atoms with Gasteiger partial charge in [0.25, 0.3) is 0 Å². The summed E-state index contributed by atoms with van der Waals surface area (Å²) < 4.78 is 24.6. The van der Waals surface area contributed by atoms with Crippen molar-refractivity contribution in [1.82, 2.24) is 0 Å². The van der Waals surface area contributed by atoms with E-state index in [-0.39, 0.29) is 17.5 Å². The van der Waals surface area contributed by atoms with Crippen molar-refractivity contribution >= 4 is 15.6 Å². The summed E-state index contributed by atoms with van der Waals surface area (Å²) in [6.07, 6.45) is 2.84. The van der Waals surface area contributed by atoms with E-state index in [9.17, 15) is 13.2 Å². The molecule has 0 N–H and O–H groups in total. The number of Topliss-reactive ketones (excluding diaryl/α,β-unsaturated/α-hetero) is 1. The fourth-order valence-corrected chi connectivity index (χ4v) is 4.39. The summed E-state index contributed by atoms with van der Waals surface area (Å²) in [6, 6.07) is 5.38. The second-order valence-corrected chi connectivity index (χ2v) is 7.51. The molecule has 0 saturated heterocycles. The molecular formula is C15H20O3S. The number of aryl methyl sites for hydroxylation is 2. The van der Waals surface area contributed by atoms with E-state index in [0.29, 0.717) is 17.7 Å². The highest BCUT2D eigenvalue weighted by Crippen LogP contribution is 2.26. The van der Waals surface area contributed by atoms with Gasteiger partial charge in [-0.15, -0.1) is 0 Å². The number of carbonyl (C=O) groups is 1. The van der Waals surface area contributed by atoms with Crippen molar-refractivity contribution in [2.75, 3.05) is 5.75 Å². The maximum absolute atomic E-state index is 12.3. The van der Waals surface area contributed by atoms with Crippen molar-refractivity contribution in [1.29, 1.82) is 0 Å². The summed E-state index contributed by atoms with van der Waals surface area (Å²) in [5.41, 5.74) is 1.85. The molecule has 104 valence electrons. The molecule has 2 rings (SSSR count). The van der Waals surface area contributed by atoms with Crippen LogP contribution >= 0.6 is 0 Å². The molecule has 0 aromatic heterocycles. The average molecular weight is 280 g/mol. The van der Waals surface area contributed by atoms with E-state index in [2.05, 4.69) is 0 Å². The van der Waals surface area contributed by atoms with Crippen molar-refractivity contribution in [3.8, 4) is 0 Å². The Hall–Kier alpha value is -1.16. The molecule has 1 fully saturated rings. The molecule has 4 heteroatoms. The van der Waals surface area contributed by atoms with Crippen LogP contribution in [0.4, 0.5) is 0 Å². The zero-order valence-electron chi connectivity index (χ0n) is 11.5. The van der Waals surface area contributed by atoms with E-state index in [0.717, 1.165) is 24.0 Å². The Bertz CT molecular complexity index is 587. The molecule has 1 aromatic rings. The third kappa shape index (κ3) is 3.24. The number of hydrogen-bond acceptors (Lipinski definition) is 3. The molecule has 1 aromatic carbocycles. The van der Waals surface area contributed by atoms with Crippen LogP contribution in [-0.4, -0.2) is 20.0 Å². The first kappa shape index (κ1) is 14.3. The van der Waals surface area contributed by atoms with Crippen molar-refractivity contribution < 1.29 is 13.2 Å². The summed E-state index contributed by atoms with van der Waals surface area (Å²) in [6.45, 7) is 3.77. The van der Waals surface area contributed by atoms with Gasteiger partial charge in [-0.05, 0) is 44.7 Å². The standard InChI is InChI=1S/C15H20O3S/c1-11-6-7-15(12(2)10-11)19(17,18)9-8-13-4-3-5-14(13)16/h6-7,10,13H,3-5,8-9H2,1-2H3. The molecule has 1 aliphatic carbocycles. The molecule has 0 amide bonds. The van der Waals surface area contributed by atoms with Crippen LogP contribution in [-0.2, 0) is 14.6 Å². The number of hydrogen-bond donors (Lipinski definition) is 0. The smallest absolute Gasteiger partial charge is 0.178 e. The van der Waals surface area contributed by atoms with E-state index in [4.69, 9.17) is 0 Å². The first-order valence-electron chi connectivity index (χ1n) is 6.73. The van der Waals surface area contributed by atoms with Gasteiger partial charge in [-0.1, -0.05) is 17.7 Å². The van der Waals surface area contributed by atoms with Crippen LogP contribution in [0.2, 0.25) is 0 Å². The van der Waals surface area contributed by atoms with Gasteiger partial charge in [0.05, 0.1) is 10.6 Å². The third-order valence-corrected chi connectivity index (χ3v) is 5.73. The number of rotatable bonds is 4. The van der Waals surface area contributed by atoms with Gasteiger partial charge in [0.2, 0.25) is 0 Å². The largest absolute Gasteiger partial charge is 0.299 e. The maximum atomic E-state index is 12.3. The van der Waals surface area contributed by atoms with Gasteiger partial charge >= 0.3 is 0 Å². The average Bonchev–Trinajstić information content (AvgIpc) is 2.72. The van der Waals surface area contributed by atoms with Gasteiger partial charge in [-0.3, -0.25) is 4.79 Å². The van der Waals surface area contributed by atoms with Gasteiger partial charge in [-0.25, -0.2) is 8.42 Å². The molecule has 1 aliphatic rings. The highest BCUT2D eigenvalue weighted by molar-refractivity contribution is 7.91. The highest BCUT2D eigenvalue weighted by atomic mass is 32.2. The SMILES string of the molecule is Cc1ccc(S(=O)(=O)CCC2CCCC2=O)c(C)c1. The first-order chi connectivity index (χ1) is 8.90. The van der Waals surface area contributed by atoms with Crippen molar-refractivity contribution in [2.24, 2.45) is 5.92 Å². The fraction of sp³-hybridized carbons (Fsp3) is 0.533. The molecule has 0 heterocycles. The van der Waals surface area contributed by atoms with Gasteiger partial charge in [0.1, 0.15) is 5.78 Å². The van der Waals surface area contributed by atoms with E-state index in [1.807, 2.05) is 26.0 Å². The quantitative estimate of drug-likeness (QED) is 0.852. The van der Waals surface area contributed by atoms with Crippen molar-refractivity contribution in [3.05, 3.63) is 29.3 Å². The fourth-order valence-electron chi connectivity index (χ4n) is 2.75. The molecule has 0 bridgehead atoms. The molecule has 1 unspecified atom stereocenters. The van der Waals surface area contributed by atoms with E-state index >= 15 is 0 Å². The molecule has 0 spiro atoms. The Kier molecular flexibility index (Phi) is 4.09. The zero-order valence-corrected chi connectivity index (χ0v) is 12.3. The lowest BCUT2D eigenvalue weighted by Crippen LogP contribution is -2.15. The molecule has 1 saturated carbocycles. The minimum absolute atomic E-state index is 0.0412. The number of benzene rings is 1. The first-order valence-corrected chi connectivity index (χ1v) is 8.38. The Morgan fingerprint density at radius 2 is 2.00 bits per heavy atom. The van der Waals surface area contributed by atoms with E-state index < -0.39 is 9.84 Å². The van der Waals surface area contributed by atoms with Gasteiger partial charge in [0.15, 0.2) is 9.84 Å². The minimum atomic E-state index is -3.27. The summed E-state index contributed by atoms with van der Waals surface area (Å²) in [4.78, 5) is 12.0. The molecule has 3 nitrogen and oxygen atoms in total. The van der Waals surface area contributed by atoms with Crippen molar-refractivity contribution in [2.45, 2.75) is 44.4 Å². The number of ketones is 1. The highest BCUT2D eigenvalue weighted by Gasteiger charge is 2.27. The Labute approximate surface area is 114 Å². The number of carbonyl (C=O) groups excluding carboxylic acids is 1. The van der Waals surface area contributed by atoms with Crippen LogP contribution in [0.1, 0.15) is 36.8 Å². The second kappa shape index (κ2) is 5.45. The van der Waals surface area contributed by atoms with Crippen LogP contribution in [0.25, 0.3) is 0 Å². The topological polar surface area (TPSA) is 51.2 Å². The van der Waals surface area contributed by atoms with Crippen LogP contribution < -0.4 is 0 Å². The van der Waals surface area contributed by atoms with Crippen LogP contribution in [0.15, 0.2) is 23.1 Å². The van der Waals surface area contributed by atoms with Gasteiger partial charge in [0, 0.05) is 12.3 Å². The molecule has 0 aliphatic heterocycles. The predicted octanol–water partition coefficient (Wildman–Crippen LogP) is 2.84. The lowest BCUT2D eigenvalue weighted by atomic mass is 10.1. The predicted molar refractivity (Wildman–Crippen MR) is 74.9 cm³/mol. The van der Waals surface area contributed by atoms with E-state index in [1.54, 1.807) is 6.07 Å². The normalized spacial score (nSPS) is 19.9. The Morgan fingerprint density at radius 1 is 1.26 bits per heavy atom.